The van der Waals surface area contributed by atoms with E-state index in [0.29, 0.717) is 18.4 Å². The molecule has 0 aromatic heterocycles. The number of esters is 1. The maximum absolute atomic E-state index is 12.0. The lowest BCUT2D eigenvalue weighted by Crippen LogP contribution is -2.03. The normalized spacial score (nSPS) is 10.2. The predicted molar refractivity (Wildman–Crippen MR) is 87.2 cm³/mol. The van der Waals surface area contributed by atoms with Gasteiger partial charge in [-0.15, -0.1) is 0 Å². The van der Waals surface area contributed by atoms with Gasteiger partial charge in [0, 0.05) is 28.2 Å². The summed E-state index contributed by atoms with van der Waals surface area (Å²) >= 11 is 1.66. The molecule has 0 fully saturated rings. The van der Waals surface area contributed by atoms with E-state index in [0.717, 1.165) is 4.90 Å². The lowest BCUT2D eigenvalue weighted by molar-refractivity contribution is -0.140. The largest absolute Gasteiger partial charge is 0.469 e. The molecule has 0 heterocycles. The van der Waals surface area contributed by atoms with Gasteiger partial charge in [-0.3, -0.25) is 9.59 Å². The number of Topliss-reactive ketones (excluding diaryl/α,β-unsaturated/α-hetero) is 1. The second-order valence-corrected chi connectivity index (χ2v) is 5.94. The van der Waals surface area contributed by atoms with Gasteiger partial charge in [-0.1, -0.05) is 42.1 Å². The van der Waals surface area contributed by atoms with Gasteiger partial charge in [0.25, 0.3) is 0 Å². The van der Waals surface area contributed by atoms with Crippen molar-refractivity contribution in [2.75, 3.05) is 7.11 Å². The Labute approximate surface area is 134 Å². The van der Waals surface area contributed by atoms with Crippen LogP contribution in [-0.4, -0.2) is 18.9 Å². The number of hydrogen-bond donors (Lipinski definition) is 0. The van der Waals surface area contributed by atoms with Crippen LogP contribution in [-0.2, 0) is 9.53 Å². The average molecular weight is 314 g/mol. The van der Waals surface area contributed by atoms with Crippen molar-refractivity contribution in [1.82, 2.24) is 0 Å². The van der Waals surface area contributed by atoms with Gasteiger partial charge in [-0.05, 0) is 30.7 Å². The molecule has 0 saturated heterocycles. The predicted octanol–water partition coefficient (Wildman–Crippen LogP) is 4.36. The Hall–Kier alpha value is -2.07. The summed E-state index contributed by atoms with van der Waals surface area (Å²) in [7, 11) is 1.35. The highest BCUT2D eigenvalue weighted by Crippen LogP contribution is 2.27. The lowest BCUT2D eigenvalue weighted by atomic mass is 10.1. The third-order valence-electron chi connectivity index (χ3n) is 3.17. The summed E-state index contributed by atoms with van der Waals surface area (Å²) in [6.07, 6.45) is 1.16. The van der Waals surface area contributed by atoms with Gasteiger partial charge in [-0.25, -0.2) is 0 Å². The van der Waals surface area contributed by atoms with Crippen molar-refractivity contribution in [3.05, 3.63) is 60.2 Å². The molecule has 0 atom stereocenters. The van der Waals surface area contributed by atoms with E-state index in [-0.39, 0.29) is 18.2 Å². The van der Waals surface area contributed by atoms with E-state index in [9.17, 15) is 9.59 Å². The van der Waals surface area contributed by atoms with Crippen molar-refractivity contribution in [2.45, 2.75) is 29.1 Å². The minimum atomic E-state index is -0.276. The Morgan fingerprint density at radius 2 is 1.55 bits per heavy atom. The van der Waals surface area contributed by atoms with Crippen LogP contribution in [0.2, 0.25) is 0 Å². The molecule has 0 bridgehead atoms. The summed E-state index contributed by atoms with van der Waals surface area (Å²) in [4.78, 5) is 25.3. The molecule has 0 aliphatic rings. The van der Waals surface area contributed by atoms with E-state index in [2.05, 4.69) is 16.9 Å². The number of ketones is 1. The van der Waals surface area contributed by atoms with Crippen LogP contribution in [0.15, 0.2) is 64.4 Å². The summed E-state index contributed by atoms with van der Waals surface area (Å²) in [5.74, 6) is -0.220. The molecule has 22 heavy (non-hydrogen) atoms. The Balaban J connectivity index is 1.88. The fourth-order valence-corrected chi connectivity index (χ4v) is 2.81. The fourth-order valence-electron chi connectivity index (χ4n) is 1.97. The van der Waals surface area contributed by atoms with E-state index in [4.69, 9.17) is 0 Å². The molecule has 0 amide bonds. The topological polar surface area (TPSA) is 43.4 Å². The van der Waals surface area contributed by atoms with Crippen LogP contribution in [0.3, 0.4) is 0 Å². The van der Waals surface area contributed by atoms with Crippen LogP contribution in [0.5, 0.6) is 0 Å². The molecule has 0 spiro atoms. The first kappa shape index (κ1) is 16.3. The van der Waals surface area contributed by atoms with Gasteiger partial charge in [-0.2, -0.15) is 0 Å². The van der Waals surface area contributed by atoms with Gasteiger partial charge in [0.2, 0.25) is 0 Å². The van der Waals surface area contributed by atoms with Gasteiger partial charge in [0.05, 0.1) is 7.11 Å². The summed E-state index contributed by atoms with van der Waals surface area (Å²) in [6.45, 7) is 0. The summed E-state index contributed by atoms with van der Waals surface area (Å²) < 4.78 is 4.56. The molecule has 0 aliphatic carbocycles. The molecule has 2 aromatic carbocycles. The molecule has 0 N–H and O–H groups in total. The molecular formula is C18H18O3S. The second-order valence-electron chi connectivity index (χ2n) is 4.79. The number of ether oxygens (including phenoxy) is 1. The Bertz CT molecular complexity index is 621. The third-order valence-corrected chi connectivity index (χ3v) is 4.18. The van der Waals surface area contributed by atoms with E-state index in [1.807, 2.05) is 42.5 Å². The first-order chi connectivity index (χ1) is 10.7. The SMILES string of the molecule is COC(=O)CCCC(=O)c1ccc(Sc2ccccc2)cc1. The Morgan fingerprint density at radius 3 is 2.18 bits per heavy atom. The van der Waals surface area contributed by atoms with Gasteiger partial charge in [0.15, 0.2) is 5.78 Å². The second kappa shape index (κ2) is 8.39. The average Bonchev–Trinajstić information content (AvgIpc) is 2.56. The molecule has 2 aromatic rings. The lowest BCUT2D eigenvalue weighted by Gasteiger charge is -2.04. The highest BCUT2D eigenvalue weighted by Gasteiger charge is 2.08. The Morgan fingerprint density at radius 1 is 0.909 bits per heavy atom. The third kappa shape index (κ3) is 5.04. The van der Waals surface area contributed by atoms with Crippen LogP contribution in [0.4, 0.5) is 0 Å². The van der Waals surface area contributed by atoms with Crippen LogP contribution in [0.25, 0.3) is 0 Å². The standard InChI is InChI=1S/C18H18O3S/c1-21-18(20)9-5-8-17(19)14-10-12-16(13-11-14)22-15-6-3-2-4-7-15/h2-4,6-7,10-13H,5,8-9H2,1H3. The molecule has 0 unspecified atom stereocenters. The van der Waals surface area contributed by atoms with Crippen molar-refractivity contribution < 1.29 is 14.3 Å². The minimum Gasteiger partial charge on any atom is -0.469 e. The number of methoxy groups -OCH3 is 1. The molecule has 4 heteroatoms. The number of hydrogen-bond acceptors (Lipinski definition) is 4. The number of benzene rings is 2. The molecule has 3 nitrogen and oxygen atoms in total. The first-order valence-corrected chi connectivity index (χ1v) is 7.93. The summed E-state index contributed by atoms with van der Waals surface area (Å²) in [5.41, 5.74) is 0.683. The van der Waals surface area contributed by atoms with Crippen LogP contribution < -0.4 is 0 Å². The van der Waals surface area contributed by atoms with Crippen molar-refractivity contribution in [3.8, 4) is 0 Å². The maximum Gasteiger partial charge on any atom is 0.305 e. The van der Waals surface area contributed by atoms with Gasteiger partial charge in [0.1, 0.15) is 0 Å². The zero-order chi connectivity index (χ0) is 15.8. The molecule has 0 radical (unpaired) electrons. The zero-order valence-corrected chi connectivity index (χ0v) is 13.3. The monoisotopic (exact) mass is 314 g/mol. The molecular weight excluding hydrogens is 296 g/mol. The molecule has 2 rings (SSSR count). The van der Waals surface area contributed by atoms with E-state index >= 15 is 0 Å². The number of carbonyl (C=O) groups excluding carboxylic acids is 2. The van der Waals surface area contributed by atoms with Crippen molar-refractivity contribution in [1.29, 1.82) is 0 Å². The van der Waals surface area contributed by atoms with Crippen LogP contribution in [0.1, 0.15) is 29.6 Å². The number of rotatable bonds is 7. The van der Waals surface area contributed by atoms with E-state index in [1.165, 1.54) is 12.0 Å². The highest BCUT2D eigenvalue weighted by molar-refractivity contribution is 7.99. The highest BCUT2D eigenvalue weighted by atomic mass is 32.2. The van der Waals surface area contributed by atoms with Crippen molar-refractivity contribution in [3.63, 3.8) is 0 Å². The number of carbonyl (C=O) groups is 2. The van der Waals surface area contributed by atoms with Crippen LogP contribution in [0, 0.1) is 0 Å². The van der Waals surface area contributed by atoms with E-state index in [1.54, 1.807) is 11.8 Å². The molecule has 0 aliphatic heterocycles. The summed E-state index contributed by atoms with van der Waals surface area (Å²) in [6, 6.07) is 17.7. The van der Waals surface area contributed by atoms with Crippen molar-refractivity contribution >= 4 is 23.5 Å². The van der Waals surface area contributed by atoms with Gasteiger partial charge >= 0.3 is 5.97 Å². The fraction of sp³-hybridized carbons (Fsp3) is 0.222. The smallest absolute Gasteiger partial charge is 0.305 e. The minimum absolute atomic E-state index is 0.0557. The summed E-state index contributed by atoms with van der Waals surface area (Å²) in [5, 5.41) is 0. The maximum atomic E-state index is 12.0. The Kier molecular flexibility index (Phi) is 6.22. The molecule has 114 valence electrons. The van der Waals surface area contributed by atoms with Crippen LogP contribution >= 0.6 is 11.8 Å². The van der Waals surface area contributed by atoms with Gasteiger partial charge < -0.3 is 4.74 Å². The first-order valence-electron chi connectivity index (χ1n) is 7.12. The van der Waals surface area contributed by atoms with Crippen molar-refractivity contribution in [2.24, 2.45) is 0 Å². The quantitative estimate of drug-likeness (QED) is 0.562. The zero-order valence-electron chi connectivity index (χ0n) is 12.5. The molecule has 0 saturated carbocycles. The van der Waals surface area contributed by atoms with E-state index < -0.39 is 0 Å².